The molecule has 3 nitrogen and oxygen atoms in total. The van der Waals surface area contributed by atoms with Crippen molar-refractivity contribution in [3.8, 4) is 0 Å². The molecule has 0 atom stereocenters. The minimum atomic E-state index is -3.15. The number of hydrogen-bond donors (Lipinski definition) is 1. The number of rotatable bonds is 5. The van der Waals surface area contributed by atoms with Gasteiger partial charge in [0.25, 0.3) is 0 Å². The zero-order chi connectivity index (χ0) is 12.2. The summed E-state index contributed by atoms with van der Waals surface area (Å²) in [5, 5.41) is 0.296. The molecule has 1 aromatic rings. The van der Waals surface area contributed by atoms with Gasteiger partial charge < -0.3 is 0 Å². The van der Waals surface area contributed by atoms with Crippen molar-refractivity contribution in [3.63, 3.8) is 0 Å². The van der Waals surface area contributed by atoms with Crippen molar-refractivity contribution in [1.82, 2.24) is 4.72 Å². The van der Waals surface area contributed by atoms with Gasteiger partial charge in [-0.25, -0.2) is 13.1 Å². The Bertz CT molecular complexity index is 426. The zero-order valence-electron chi connectivity index (χ0n) is 9.40. The van der Waals surface area contributed by atoms with Gasteiger partial charge >= 0.3 is 0 Å². The maximum atomic E-state index is 11.4. The van der Waals surface area contributed by atoms with E-state index in [1.165, 1.54) is 0 Å². The SMILES string of the molecule is CC(C)S(=O)(=O)NCCc1ccc(Cl)cc1. The first-order valence-electron chi connectivity index (χ1n) is 5.15. The molecule has 0 aliphatic rings. The molecule has 0 spiro atoms. The summed E-state index contributed by atoms with van der Waals surface area (Å²) >= 11 is 5.75. The van der Waals surface area contributed by atoms with Crippen molar-refractivity contribution < 1.29 is 8.42 Å². The molecule has 90 valence electrons. The van der Waals surface area contributed by atoms with E-state index in [-0.39, 0.29) is 0 Å². The second-order valence-corrected chi connectivity index (χ2v) is 6.62. The van der Waals surface area contributed by atoms with E-state index in [1.807, 2.05) is 12.1 Å². The maximum Gasteiger partial charge on any atom is 0.213 e. The van der Waals surface area contributed by atoms with Crippen molar-refractivity contribution in [3.05, 3.63) is 34.9 Å². The van der Waals surface area contributed by atoms with Gasteiger partial charge in [-0.05, 0) is 38.0 Å². The predicted molar refractivity (Wildman–Crippen MR) is 67.2 cm³/mol. The van der Waals surface area contributed by atoms with Gasteiger partial charge in [0.1, 0.15) is 0 Å². The fourth-order valence-corrected chi connectivity index (χ4v) is 2.00. The smallest absolute Gasteiger partial charge is 0.213 e. The second kappa shape index (κ2) is 5.66. The fraction of sp³-hybridized carbons (Fsp3) is 0.455. The van der Waals surface area contributed by atoms with Gasteiger partial charge in [0, 0.05) is 11.6 Å². The van der Waals surface area contributed by atoms with Gasteiger partial charge in [-0.15, -0.1) is 0 Å². The fourth-order valence-electron chi connectivity index (χ4n) is 1.16. The van der Waals surface area contributed by atoms with Crippen molar-refractivity contribution in [1.29, 1.82) is 0 Å². The Kier molecular flexibility index (Phi) is 4.77. The van der Waals surface area contributed by atoms with Crippen LogP contribution in [0.1, 0.15) is 19.4 Å². The van der Waals surface area contributed by atoms with Crippen molar-refractivity contribution >= 4 is 21.6 Å². The molecular formula is C11H16ClNO2S. The number of nitrogens with one attached hydrogen (secondary N) is 1. The molecule has 0 saturated heterocycles. The van der Waals surface area contributed by atoms with E-state index < -0.39 is 15.3 Å². The Morgan fingerprint density at radius 1 is 1.25 bits per heavy atom. The second-order valence-electron chi connectivity index (χ2n) is 3.86. The lowest BCUT2D eigenvalue weighted by Gasteiger charge is -2.09. The molecule has 1 rings (SSSR count). The van der Waals surface area contributed by atoms with Gasteiger partial charge in [-0.3, -0.25) is 0 Å². The van der Waals surface area contributed by atoms with E-state index in [1.54, 1.807) is 26.0 Å². The van der Waals surface area contributed by atoms with Crippen LogP contribution in [0.25, 0.3) is 0 Å². The first-order chi connectivity index (χ1) is 7.42. The van der Waals surface area contributed by atoms with Gasteiger partial charge in [0.2, 0.25) is 10.0 Å². The van der Waals surface area contributed by atoms with E-state index in [9.17, 15) is 8.42 Å². The summed E-state index contributed by atoms with van der Waals surface area (Å²) < 4.78 is 25.4. The van der Waals surface area contributed by atoms with Crippen LogP contribution in [0.3, 0.4) is 0 Å². The number of halogens is 1. The Balaban J connectivity index is 2.45. The molecule has 0 saturated carbocycles. The molecule has 0 amide bonds. The number of benzene rings is 1. The first kappa shape index (κ1) is 13.5. The molecule has 0 aromatic heterocycles. The van der Waals surface area contributed by atoms with Crippen LogP contribution < -0.4 is 4.72 Å². The zero-order valence-corrected chi connectivity index (χ0v) is 11.0. The molecule has 0 fully saturated rings. The van der Waals surface area contributed by atoms with Gasteiger partial charge in [-0.2, -0.15) is 0 Å². The van der Waals surface area contributed by atoms with E-state index in [0.717, 1.165) is 5.56 Å². The van der Waals surface area contributed by atoms with Crippen LogP contribution in [0.5, 0.6) is 0 Å². The molecule has 1 N–H and O–H groups in total. The highest BCUT2D eigenvalue weighted by atomic mass is 35.5. The highest BCUT2D eigenvalue weighted by Gasteiger charge is 2.14. The minimum Gasteiger partial charge on any atom is -0.215 e. The predicted octanol–water partition coefficient (Wildman–Crippen LogP) is 2.21. The van der Waals surface area contributed by atoms with Crippen LogP contribution in [0.15, 0.2) is 24.3 Å². The van der Waals surface area contributed by atoms with Crippen molar-refractivity contribution in [2.45, 2.75) is 25.5 Å². The molecule has 5 heteroatoms. The maximum absolute atomic E-state index is 11.4. The van der Waals surface area contributed by atoms with Crippen molar-refractivity contribution in [2.75, 3.05) is 6.54 Å². The Morgan fingerprint density at radius 3 is 2.31 bits per heavy atom. The average Bonchev–Trinajstić information content (AvgIpc) is 2.20. The van der Waals surface area contributed by atoms with E-state index in [4.69, 9.17) is 11.6 Å². The molecule has 0 radical (unpaired) electrons. The third kappa shape index (κ3) is 4.12. The summed E-state index contributed by atoms with van der Waals surface area (Å²) in [6.07, 6.45) is 0.670. The van der Waals surface area contributed by atoms with E-state index in [0.29, 0.717) is 18.0 Å². The normalized spacial score (nSPS) is 12.0. The molecule has 0 heterocycles. The van der Waals surface area contributed by atoms with Crippen LogP contribution in [0.4, 0.5) is 0 Å². The average molecular weight is 262 g/mol. The lowest BCUT2D eigenvalue weighted by Crippen LogP contribution is -2.32. The quantitative estimate of drug-likeness (QED) is 0.883. The lowest BCUT2D eigenvalue weighted by molar-refractivity contribution is 0.572. The Labute approximate surface area is 102 Å². The van der Waals surface area contributed by atoms with Gasteiger partial charge in [0.15, 0.2) is 0 Å². The number of hydrogen-bond acceptors (Lipinski definition) is 2. The topological polar surface area (TPSA) is 46.2 Å². The highest BCUT2D eigenvalue weighted by molar-refractivity contribution is 7.90. The van der Waals surface area contributed by atoms with Crippen LogP contribution >= 0.6 is 11.6 Å². The summed E-state index contributed by atoms with van der Waals surface area (Å²) in [4.78, 5) is 0. The van der Waals surface area contributed by atoms with Gasteiger partial charge in [0.05, 0.1) is 5.25 Å². The largest absolute Gasteiger partial charge is 0.215 e. The van der Waals surface area contributed by atoms with Crippen LogP contribution in [0, 0.1) is 0 Å². The Hall–Kier alpha value is -0.580. The summed E-state index contributed by atoms with van der Waals surface area (Å²) in [6.45, 7) is 3.73. The standard InChI is InChI=1S/C11H16ClNO2S/c1-9(2)16(14,15)13-8-7-10-3-5-11(12)6-4-10/h3-6,9,13H,7-8H2,1-2H3. The lowest BCUT2D eigenvalue weighted by atomic mass is 10.2. The molecular weight excluding hydrogens is 246 g/mol. The third-order valence-corrected chi connectivity index (χ3v) is 4.35. The summed E-state index contributed by atoms with van der Waals surface area (Å²) in [7, 11) is -3.15. The van der Waals surface area contributed by atoms with Gasteiger partial charge in [-0.1, -0.05) is 23.7 Å². The van der Waals surface area contributed by atoms with E-state index >= 15 is 0 Å². The third-order valence-electron chi connectivity index (χ3n) is 2.25. The highest BCUT2D eigenvalue weighted by Crippen LogP contribution is 2.09. The minimum absolute atomic E-state index is 0.391. The van der Waals surface area contributed by atoms with Crippen LogP contribution in [-0.2, 0) is 16.4 Å². The molecule has 0 aliphatic heterocycles. The number of sulfonamides is 1. The summed E-state index contributed by atoms with van der Waals surface area (Å²) in [5.41, 5.74) is 1.07. The summed E-state index contributed by atoms with van der Waals surface area (Å²) in [5.74, 6) is 0. The molecule has 0 bridgehead atoms. The Morgan fingerprint density at radius 2 is 1.81 bits per heavy atom. The van der Waals surface area contributed by atoms with Crippen LogP contribution in [-0.4, -0.2) is 20.2 Å². The molecule has 16 heavy (non-hydrogen) atoms. The molecule has 0 unspecified atom stereocenters. The van der Waals surface area contributed by atoms with E-state index in [2.05, 4.69) is 4.72 Å². The van der Waals surface area contributed by atoms with Crippen LogP contribution in [0.2, 0.25) is 5.02 Å². The molecule has 0 aliphatic carbocycles. The monoisotopic (exact) mass is 261 g/mol. The van der Waals surface area contributed by atoms with Crippen molar-refractivity contribution in [2.24, 2.45) is 0 Å². The first-order valence-corrected chi connectivity index (χ1v) is 7.07. The summed E-state index contributed by atoms with van der Waals surface area (Å²) in [6, 6.07) is 7.39. The molecule has 1 aromatic carbocycles.